The van der Waals surface area contributed by atoms with E-state index in [2.05, 4.69) is 15.5 Å². The molecule has 164 valence electrons. The first-order chi connectivity index (χ1) is 14.9. The fourth-order valence-corrected chi connectivity index (χ4v) is 3.65. The smallest absolute Gasteiger partial charge is 0.407 e. The van der Waals surface area contributed by atoms with Gasteiger partial charge in [-0.2, -0.15) is 16.3 Å². The standard InChI is InChI=1S/C22H25N3O5S/c1-14(2)19(24-22(27)28-12-16-7-5-4-6-8-16)20(29-15(3)26)21-23-18(30-25-21)11-17-9-10-31-13-17/h4-10,13-14,19-20H,11-12H2,1-3H3,(H,24,27)/t19-,20?/m0/s1. The van der Waals surface area contributed by atoms with Crippen LogP contribution in [0.5, 0.6) is 0 Å². The van der Waals surface area contributed by atoms with Crippen LogP contribution in [0.1, 0.15) is 49.7 Å². The number of nitrogens with one attached hydrogen (secondary N) is 1. The summed E-state index contributed by atoms with van der Waals surface area (Å²) in [6.45, 7) is 5.21. The molecule has 0 saturated heterocycles. The highest BCUT2D eigenvalue weighted by atomic mass is 32.1. The summed E-state index contributed by atoms with van der Waals surface area (Å²) in [5.41, 5.74) is 1.92. The van der Waals surface area contributed by atoms with Gasteiger partial charge in [0.1, 0.15) is 6.61 Å². The molecule has 8 nitrogen and oxygen atoms in total. The molecule has 0 radical (unpaired) electrons. The minimum Gasteiger partial charge on any atom is -0.452 e. The molecule has 1 aromatic carbocycles. The van der Waals surface area contributed by atoms with Crippen LogP contribution in [0.4, 0.5) is 4.79 Å². The maximum Gasteiger partial charge on any atom is 0.407 e. The van der Waals surface area contributed by atoms with Gasteiger partial charge in [0.15, 0.2) is 6.10 Å². The third-order valence-corrected chi connectivity index (χ3v) is 5.24. The second-order valence-electron chi connectivity index (χ2n) is 7.36. The highest BCUT2D eigenvalue weighted by molar-refractivity contribution is 7.07. The Labute approximate surface area is 184 Å². The second kappa shape index (κ2) is 10.7. The molecule has 9 heteroatoms. The van der Waals surface area contributed by atoms with Crippen molar-refractivity contribution >= 4 is 23.4 Å². The molecule has 0 fully saturated rings. The average Bonchev–Trinajstić information content (AvgIpc) is 3.42. The van der Waals surface area contributed by atoms with Gasteiger partial charge in [0.25, 0.3) is 0 Å². The lowest BCUT2D eigenvalue weighted by molar-refractivity contribution is -0.149. The van der Waals surface area contributed by atoms with Gasteiger partial charge in [-0.25, -0.2) is 4.79 Å². The fraction of sp³-hybridized carbons (Fsp3) is 0.364. The monoisotopic (exact) mass is 443 g/mol. The maximum absolute atomic E-state index is 12.4. The van der Waals surface area contributed by atoms with Gasteiger partial charge < -0.3 is 19.3 Å². The van der Waals surface area contributed by atoms with Gasteiger partial charge in [-0.05, 0) is 33.9 Å². The number of benzene rings is 1. The summed E-state index contributed by atoms with van der Waals surface area (Å²) in [5.74, 6) is -0.0195. The molecule has 0 aliphatic heterocycles. The Morgan fingerprint density at radius 2 is 1.94 bits per heavy atom. The molecule has 0 aliphatic rings. The first-order valence-corrected chi connectivity index (χ1v) is 10.8. The minimum absolute atomic E-state index is 0.104. The van der Waals surface area contributed by atoms with Gasteiger partial charge in [0.05, 0.1) is 12.5 Å². The van der Waals surface area contributed by atoms with Crippen molar-refractivity contribution in [2.24, 2.45) is 5.92 Å². The molecular formula is C22H25N3O5S. The van der Waals surface area contributed by atoms with Crippen molar-refractivity contribution in [3.8, 4) is 0 Å². The lowest BCUT2D eigenvalue weighted by Crippen LogP contribution is -2.44. The van der Waals surface area contributed by atoms with Crippen LogP contribution in [0.25, 0.3) is 0 Å². The fourth-order valence-electron chi connectivity index (χ4n) is 2.98. The Hall–Kier alpha value is -3.20. The molecule has 2 aromatic heterocycles. The van der Waals surface area contributed by atoms with Crippen LogP contribution in [0, 0.1) is 5.92 Å². The van der Waals surface area contributed by atoms with Gasteiger partial charge in [0.2, 0.25) is 11.7 Å². The molecule has 1 amide bonds. The Kier molecular flexibility index (Phi) is 7.77. The number of alkyl carbamates (subject to hydrolysis) is 1. The highest BCUT2D eigenvalue weighted by Crippen LogP contribution is 2.25. The number of hydrogen-bond acceptors (Lipinski definition) is 8. The molecule has 31 heavy (non-hydrogen) atoms. The number of amides is 1. The van der Waals surface area contributed by atoms with Crippen molar-refractivity contribution < 1.29 is 23.6 Å². The molecule has 0 aliphatic carbocycles. The first-order valence-electron chi connectivity index (χ1n) is 9.90. The summed E-state index contributed by atoms with van der Waals surface area (Å²) in [6.07, 6.45) is -1.06. The van der Waals surface area contributed by atoms with E-state index >= 15 is 0 Å². The zero-order valence-corrected chi connectivity index (χ0v) is 18.4. The molecule has 1 unspecified atom stereocenters. The average molecular weight is 444 g/mol. The Morgan fingerprint density at radius 1 is 1.16 bits per heavy atom. The third kappa shape index (κ3) is 6.65. The number of carbonyl (C=O) groups excluding carboxylic acids is 2. The number of hydrogen-bond donors (Lipinski definition) is 1. The number of thiophene rings is 1. The van der Waals surface area contributed by atoms with Gasteiger partial charge >= 0.3 is 12.1 Å². The van der Waals surface area contributed by atoms with Crippen molar-refractivity contribution in [2.45, 2.75) is 45.9 Å². The number of carbonyl (C=O) groups is 2. The highest BCUT2D eigenvalue weighted by Gasteiger charge is 2.34. The summed E-state index contributed by atoms with van der Waals surface area (Å²) in [6, 6.07) is 10.7. The number of aromatic nitrogens is 2. The van der Waals surface area contributed by atoms with Crippen molar-refractivity contribution in [1.82, 2.24) is 15.5 Å². The maximum atomic E-state index is 12.4. The molecule has 2 heterocycles. The molecule has 3 aromatic rings. The lowest BCUT2D eigenvalue weighted by Gasteiger charge is -2.28. The van der Waals surface area contributed by atoms with Crippen LogP contribution in [-0.2, 0) is 27.3 Å². The minimum atomic E-state index is -0.915. The summed E-state index contributed by atoms with van der Waals surface area (Å²) in [4.78, 5) is 28.6. The number of ether oxygens (including phenoxy) is 2. The van der Waals surface area contributed by atoms with Crippen LogP contribution in [0.3, 0.4) is 0 Å². The lowest BCUT2D eigenvalue weighted by atomic mass is 9.98. The summed E-state index contributed by atoms with van der Waals surface area (Å²) in [7, 11) is 0. The second-order valence-corrected chi connectivity index (χ2v) is 8.14. The van der Waals surface area contributed by atoms with E-state index in [1.54, 1.807) is 11.3 Å². The molecule has 0 saturated carbocycles. The molecule has 0 spiro atoms. The van der Waals surface area contributed by atoms with E-state index in [-0.39, 0.29) is 18.3 Å². The van der Waals surface area contributed by atoms with E-state index in [4.69, 9.17) is 14.0 Å². The Morgan fingerprint density at radius 3 is 2.58 bits per heavy atom. The molecular weight excluding hydrogens is 418 g/mol. The predicted octanol–water partition coefficient (Wildman–Crippen LogP) is 4.28. The van der Waals surface area contributed by atoms with Crippen molar-refractivity contribution in [2.75, 3.05) is 0 Å². The number of nitrogens with zero attached hydrogens (tertiary/aromatic N) is 2. The zero-order valence-electron chi connectivity index (χ0n) is 17.6. The van der Waals surface area contributed by atoms with Crippen molar-refractivity contribution in [3.05, 3.63) is 70.0 Å². The topological polar surface area (TPSA) is 104 Å². The van der Waals surface area contributed by atoms with Crippen LogP contribution >= 0.6 is 11.3 Å². The Bertz CT molecular complexity index is 972. The number of rotatable bonds is 9. The summed E-state index contributed by atoms with van der Waals surface area (Å²) >= 11 is 1.58. The molecule has 3 rings (SSSR count). The van der Waals surface area contributed by atoms with E-state index in [0.717, 1.165) is 11.1 Å². The van der Waals surface area contributed by atoms with Gasteiger partial charge in [-0.3, -0.25) is 4.79 Å². The van der Waals surface area contributed by atoms with Gasteiger partial charge in [-0.15, -0.1) is 0 Å². The van der Waals surface area contributed by atoms with E-state index in [0.29, 0.717) is 12.3 Å². The van der Waals surface area contributed by atoms with Crippen LogP contribution in [0.2, 0.25) is 0 Å². The van der Waals surface area contributed by atoms with Gasteiger partial charge in [0, 0.05) is 6.92 Å². The molecule has 0 bridgehead atoms. The number of esters is 1. The van der Waals surface area contributed by atoms with E-state index < -0.39 is 24.2 Å². The molecule has 1 N–H and O–H groups in total. The first kappa shape index (κ1) is 22.5. The summed E-state index contributed by atoms with van der Waals surface area (Å²) in [5, 5.41) is 10.8. The van der Waals surface area contributed by atoms with E-state index in [9.17, 15) is 9.59 Å². The quantitative estimate of drug-likeness (QED) is 0.492. The zero-order chi connectivity index (χ0) is 22.2. The van der Waals surface area contributed by atoms with E-state index in [1.807, 2.05) is 61.0 Å². The normalized spacial score (nSPS) is 12.9. The van der Waals surface area contributed by atoms with Crippen molar-refractivity contribution in [1.29, 1.82) is 0 Å². The van der Waals surface area contributed by atoms with Crippen LogP contribution in [0.15, 0.2) is 51.7 Å². The molecule has 2 atom stereocenters. The Balaban J connectivity index is 1.72. The predicted molar refractivity (Wildman–Crippen MR) is 114 cm³/mol. The third-order valence-electron chi connectivity index (χ3n) is 4.51. The van der Waals surface area contributed by atoms with Crippen LogP contribution < -0.4 is 5.32 Å². The van der Waals surface area contributed by atoms with Crippen molar-refractivity contribution in [3.63, 3.8) is 0 Å². The SMILES string of the molecule is CC(=O)OC(c1noc(Cc2ccsc2)n1)[C@@H](NC(=O)OCc1ccccc1)C(C)C. The largest absolute Gasteiger partial charge is 0.452 e. The van der Waals surface area contributed by atoms with Gasteiger partial charge in [-0.1, -0.05) is 49.3 Å². The summed E-state index contributed by atoms with van der Waals surface area (Å²) < 4.78 is 16.2. The van der Waals surface area contributed by atoms with Crippen LogP contribution in [-0.4, -0.2) is 28.2 Å². The van der Waals surface area contributed by atoms with E-state index in [1.165, 1.54) is 6.92 Å².